The Hall–Kier alpha value is -5.60. The third-order valence-corrected chi connectivity index (χ3v) is 8.26. The van der Waals surface area contributed by atoms with E-state index in [1.54, 1.807) is 0 Å². The predicted octanol–water partition coefficient (Wildman–Crippen LogP) is 11.1. The Bertz CT molecular complexity index is 1860. The van der Waals surface area contributed by atoms with Crippen molar-refractivity contribution in [2.24, 2.45) is 0 Å². The first-order valence-corrected chi connectivity index (χ1v) is 15.0. The van der Waals surface area contributed by atoms with Gasteiger partial charge in [-0.1, -0.05) is 120 Å². The number of hydrogen-bond donors (Lipinski definition) is 0. The third kappa shape index (κ3) is 5.58. The monoisotopic (exact) mass is 564 g/mol. The molecule has 7 aromatic rings. The van der Waals surface area contributed by atoms with E-state index in [9.17, 15) is 0 Å². The smallest absolute Gasteiger partial charge is 0.0346 e. The molecule has 7 rings (SSSR count). The van der Waals surface area contributed by atoms with E-state index in [0.29, 0.717) is 0 Å². The van der Waals surface area contributed by atoms with Gasteiger partial charge in [0.05, 0.1) is 0 Å². The molecule has 0 unspecified atom stereocenters. The van der Waals surface area contributed by atoms with E-state index in [0.717, 1.165) is 22.3 Å². The maximum atomic E-state index is 4.31. The van der Waals surface area contributed by atoms with Gasteiger partial charge in [0.15, 0.2) is 0 Å². The maximum Gasteiger partial charge on any atom is 0.0346 e. The van der Waals surface area contributed by atoms with Crippen LogP contribution in [0.4, 0.5) is 0 Å². The van der Waals surface area contributed by atoms with Crippen LogP contribution in [0.5, 0.6) is 0 Å². The molecule has 0 fully saturated rings. The number of aryl methyl sites for hydroxylation is 2. The number of nitrogens with zero attached hydrogens (tertiary/aromatic N) is 2. The van der Waals surface area contributed by atoms with Gasteiger partial charge >= 0.3 is 0 Å². The fraction of sp³-hybridized carbons (Fsp3) is 0.0476. The summed E-state index contributed by atoms with van der Waals surface area (Å²) in [6.45, 7) is 4.27. The Balaban J connectivity index is 1.43. The van der Waals surface area contributed by atoms with Gasteiger partial charge in [0, 0.05) is 24.8 Å². The van der Waals surface area contributed by atoms with Gasteiger partial charge < -0.3 is 0 Å². The molecule has 210 valence electrons. The highest BCUT2D eigenvalue weighted by Crippen LogP contribution is 2.43. The topological polar surface area (TPSA) is 25.8 Å². The van der Waals surface area contributed by atoms with Crippen LogP contribution in [0, 0.1) is 13.8 Å². The van der Waals surface area contributed by atoms with E-state index in [2.05, 4.69) is 145 Å². The first kappa shape index (κ1) is 27.2. The lowest BCUT2D eigenvalue weighted by molar-refractivity contribution is 1.33. The maximum absolute atomic E-state index is 4.31. The largest absolute Gasteiger partial charge is 0.264 e. The zero-order chi connectivity index (χ0) is 29.9. The lowest BCUT2D eigenvalue weighted by atomic mass is 9.85. The highest BCUT2D eigenvalue weighted by molar-refractivity contribution is 5.95. The number of aromatic nitrogens is 2. The molecule has 0 aliphatic carbocycles. The van der Waals surface area contributed by atoms with Crippen molar-refractivity contribution in [2.75, 3.05) is 0 Å². The molecule has 0 N–H and O–H groups in total. The highest BCUT2D eigenvalue weighted by atomic mass is 14.6. The second-order valence-electron chi connectivity index (χ2n) is 11.3. The summed E-state index contributed by atoms with van der Waals surface area (Å²) in [5, 5.41) is 0. The van der Waals surface area contributed by atoms with Crippen molar-refractivity contribution in [3.05, 3.63) is 169 Å². The van der Waals surface area contributed by atoms with Crippen LogP contribution >= 0.6 is 0 Å². The molecule has 2 nitrogen and oxygen atoms in total. The van der Waals surface area contributed by atoms with Gasteiger partial charge in [0.2, 0.25) is 0 Å². The van der Waals surface area contributed by atoms with Gasteiger partial charge in [-0.3, -0.25) is 9.97 Å². The van der Waals surface area contributed by atoms with Crippen molar-refractivity contribution in [3.8, 4) is 66.8 Å². The number of hydrogen-bond acceptors (Lipinski definition) is 2. The molecule has 5 aromatic carbocycles. The Morgan fingerprint density at radius 2 is 0.614 bits per heavy atom. The van der Waals surface area contributed by atoms with Crippen molar-refractivity contribution < 1.29 is 0 Å². The Morgan fingerprint density at radius 3 is 0.909 bits per heavy atom. The van der Waals surface area contributed by atoms with Crippen molar-refractivity contribution in [1.29, 1.82) is 0 Å². The van der Waals surface area contributed by atoms with Crippen LogP contribution in [0.25, 0.3) is 66.8 Å². The van der Waals surface area contributed by atoms with Gasteiger partial charge in [-0.05, 0) is 105 Å². The minimum absolute atomic E-state index is 1.11. The summed E-state index contributed by atoms with van der Waals surface area (Å²) in [6.07, 6.45) is 7.45. The first-order valence-electron chi connectivity index (χ1n) is 15.0. The van der Waals surface area contributed by atoms with Crippen LogP contribution in [-0.2, 0) is 0 Å². The zero-order valence-corrected chi connectivity index (χ0v) is 24.9. The molecule has 0 spiro atoms. The summed E-state index contributed by atoms with van der Waals surface area (Å²) in [5.74, 6) is 0. The third-order valence-electron chi connectivity index (χ3n) is 8.26. The summed E-state index contributed by atoms with van der Waals surface area (Å²) in [7, 11) is 0. The highest BCUT2D eigenvalue weighted by Gasteiger charge is 2.17. The lowest BCUT2D eigenvalue weighted by Gasteiger charge is -2.19. The quantitative estimate of drug-likeness (QED) is 0.201. The molecule has 0 bridgehead atoms. The van der Waals surface area contributed by atoms with Gasteiger partial charge in [-0.25, -0.2) is 0 Å². The second-order valence-corrected chi connectivity index (χ2v) is 11.3. The molecule has 2 aromatic heterocycles. The SMILES string of the molecule is Cc1ccc(-c2cc(-c3ccc(C)cc3)c(-c3ccc(-c4cccnc4)cc3)cc2-c2ccc(-c3cccnc3)cc2)cc1. The minimum Gasteiger partial charge on any atom is -0.264 e. The van der Waals surface area contributed by atoms with E-state index in [4.69, 9.17) is 0 Å². The van der Waals surface area contributed by atoms with Gasteiger partial charge in [0.1, 0.15) is 0 Å². The Labute approximate surface area is 259 Å². The molecular weight excluding hydrogens is 532 g/mol. The number of benzene rings is 5. The summed E-state index contributed by atoms with van der Waals surface area (Å²) in [4.78, 5) is 8.63. The molecule has 44 heavy (non-hydrogen) atoms. The Kier molecular flexibility index (Phi) is 7.40. The Morgan fingerprint density at radius 1 is 0.318 bits per heavy atom. The lowest BCUT2D eigenvalue weighted by Crippen LogP contribution is -1.93. The van der Waals surface area contributed by atoms with Crippen LogP contribution in [-0.4, -0.2) is 9.97 Å². The van der Waals surface area contributed by atoms with Crippen LogP contribution < -0.4 is 0 Å². The van der Waals surface area contributed by atoms with E-state index in [1.807, 2.05) is 36.9 Å². The second kappa shape index (κ2) is 11.9. The van der Waals surface area contributed by atoms with E-state index in [-0.39, 0.29) is 0 Å². The van der Waals surface area contributed by atoms with Crippen molar-refractivity contribution >= 4 is 0 Å². The summed E-state index contributed by atoms with van der Waals surface area (Å²) >= 11 is 0. The van der Waals surface area contributed by atoms with Crippen LogP contribution in [0.15, 0.2) is 158 Å². The van der Waals surface area contributed by atoms with Crippen molar-refractivity contribution in [1.82, 2.24) is 9.97 Å². The van der Waals surface area contributed by atoms with E-state index in [1.165, 1.54) is 55.6 Å². The van der Waals surface area contributed by atoms with E-state index < -0.39 is 0 Å². The molecule has 0 saturated carbocycles. The number of rotatable bonds is 6. The number of pyridine rings is 2. The average Bonchev–Trinajstić information content (AvgIpc) is 3.09. The van der Waals surface area contributed by atoms with Crippen molar-refractivity contribution in [2.45, 2.75) is 13.8 Å². The summed E-state index contributed by atoms with van der Waals surface area (Å²) < 4.78 is 0. The molecule has 0 amide bonds. The average molecular weight is 565 g/mol. The molecule has 2 heterocycles. The standard InChI is InChI=1S/C42H32N2/c1-29-7-11-33(12-8-29)39-25-40(34-13-9-30(2)10-14-34)42(36-21-17-32(18-22-36)38-6-4-24-44-28-38)26-41(39)35-19-15-31(16-20-35)37-5-3-23-43-27-37/h3-28H,1-2H3. The van der Waals surface area contributed by atoms with Gasteiger partial charge in [-0.2, -0.15) is 0 Å². The molecule has 2 heteroatoms. The zero-order valence-electron chi connectivity index (χ0n) is 24.9. The molecule has 0 atom stereocenters. The molecule has 0 saturated heterocycles. The van der Waals surface area contributed by atoms with E-state index >= 15 is 0 Å². The van der Waals surface area contributed by atoms with Crippen LogP contribution in [0.3, 0.4) is 0 Å². The van der Waals surface area contributed by atoms with Crippen LogP contribution in [0.1, 0.15) is 11.1 Å². The summed E-state index contributed by atoms with van der Waals surface area (Å²) in [5.41, 5.74) is 16.6. The molecule has 0 radical (unpaired) electrons. The van der Waals surface area contributed by atoms with Crippen molar-refractivity contribution in [3.63, 3.8) is 0 Å². The first-order chi connectivity index (χ1) is 21.6. The molecular formula is C42H32N2. The van der Waals surface area contributed by atoms with Gasteiger partial charge in [0.25, 0.3) is 0 Å². The fourth-order valence-electron chi connectivity index (χ4n) is 5.77. The minimum atomic E-state index is 1.11. The fourth-order valence-corrected chi connectivity index (χ4v) is 5.77. The summed E-state index contributed by atoms with van der Waals surface area (Å²) in [6, 6.07) is 48.4. The molecule has 0 aliphatic heterocycles. The van der Waals surface area contributed by atoms with Crippen LogP contribution in [0.2, 0.25) is 0 Å². The van der Waals surface area contributed by atoms with Gasteiger partial charge in [-0.15, -0.1) is 0 Å². The molecule has 0 aliphatic rings. The normalized spacial score (nSPS) is 11.0. The predicted molar refractivity (Wildman–Crippen MR) is 184 cm³/mol.